The Morgan fingerprint density at radius 2 is 1.73 bits per heavy atom. The predicted molar refractivity (Wildman–Crippen MR) is 154 cm³/mol. The molecule has 7 nitrogen and oxygen atoms in total. The third-order valence-corrected chi connectivity index (χ3v) is 9.18. The van der Waals surface area contributed by atoms with Crippen molar-refractivity contribution < 1.29 is 22.4 Å². The minimum atomic E-state index is -4.25. The Labute approximate surface area is 240 Å². The molecule has 0 heterocycles. The van der Waals surface area contributed by atoms with Crippen molar-refractivity contribution in [2.24, 2.45) is 0 Å². The van der Waals surface area contributed by atoms with Gasteiger partial charge in [-0.1, -0.05) is 72.5 Å². The maximum absolute atomic E-state index is 14.0. The second-order valence-corrected chi connectivity index (χ2v) is 12.4. The zero-order chi connectivity index (χ0) is 28.9. The molecule has 0 unspecified atom stereocenters. The van der Waals surface area contributed by atoms with Crippen LogP contribution in [-0.4, -0.2) is 43.8 Å². The molecular formula is C30H33ClFN3O4S. The largest absolute Gasteiger partial charge is 0.352 e. The van der Waals surface area contributed by atoms with Crippen LogP contribution in [0.1, 0.15) is 43.7 Å². The van der Waals surface area contributed by atoms with E-state index in [1.807, 2.05) is 31.2 Å². The number of nitrogens with one attached hydrogen (secondary N) is 1. The van der Waals surface area contributed by atoms with Gasteiger partial charge >= 0.3 is 0 Å². The lowest BCUT2D eigenvalue weighted by molar-refractivity contribution is -0.139. The summed E-state index contributed by atoms with van der Waals surface area (Å²) in [6.45, 7) is 3.05. The van der Waals surface area contributed by atoms with Gasteiger partial charge in [-0.2, -0.15) is 0 Å². The molecule has 1 aliphatic rings. The van der Waals surface area contributed by atoms with Crippen LogP contribution in [0.5, 0.6) is 0 Å². The molecule has 1 fully saturated rings. The van der Waals surface area contributed by atoms with Gasteiger partial charge in [0.05, 0.1) is 15.6 Å². The molecule has 212 valence electrons. The number of halogens is 2. The first-order chi connectivity index (χ1) is 19.1. The molecule has 3 aromatic rings. The number of sulfonamides is 1. The number of nitrogens with zero attached hydrogens (tertiary/aromatic N) is 2. The van der Waals surface area contributed by atoms with Crippen molar-refractivity contribution >= 4 is 39.1 Å². The van der Waals surface area contributed by atoms with Gasteiger partial charge in [0.15, 0.2) is 0 Å². The van der Waals surface area contributed by atoms with Crippen LogP contribution in [0.3, 0.4) is 0 Å². The maximum Gasteiger partial charge on any atom is 0.264 e. The molecule has 40 heavy (non-hydrogen) atoms. The van der Waals surface area contributed by atoms with Crippen molar-refractivity contribution in [3.05, 3.63) is 94.8 Å². The van der Waals surface area contributed by atoms with Crippen LogP contribution in [0.15, 0.2) is 77.7 Å². The number of anilines is 1. The van der Waals surface area contributed by atoms with Crippen LogP contribution in [0.25, 0.3) is 0 Å². The van der Waals surface area contributed by atoms with Crippen molar-refractivity contribution in [2.45, 2.75) is 63.1 Å². The van der Waals surface area contributed by atoms with Gasteiger partial charge in [-0.25, -0.2) is 12.8 Å². The van der Waals surface area contributed by atoms with E-state index in [4.69, 9.17) is 11.6 Å². The molecule has 0 spiro atoms. The highest BCUT2D eigenvalue weighted by atomic mass is 35.5. The van der Waals surface area contributed by atoms with Crippen LogP contribution >= 0.6 is 11.6 Å². The molecule has 4 rings (SSSR count). The summed E-state index contributed by atoms with van der Waals surface area (Å²) < 4.78 is 42.4. The second kappa shape index (κ2) is 12.8. The summed E-state index contributed by atoms with van der Waals surface area (Å²) in [6.07, 6.45) is 3.85. The molecule has 1 atom stereocenters. The number of hydrogen-bond donors (Lipinski definition) is 1. The minimum Gasteiger partial charge on any atom is -0.352 e. The first-order valence-electron chi connectivity index (χ1n) is 13.2. The van der Waals surface area contributed by atoms with Crippen LogP contribution in [0, 0.1) is 12.7 Å². The van der Waals surface area contributed by atoms with Crippen molar-refractivity contribution in [1.29, 1.82) is 0 Å². The third-order valence-electron chi connectivity index (χ3n) is 7.11. The zero-order valence-electron chi connectivity index (χ0n) is 22.5. The first kappa shape index (κ1) is 29.6. The van der Waals surface area contributed by atoms with E-state index in [1.165, 1.54) is 29.2 Å². The van der Waals surface area contributed by atoms with Crippen LogP contribution < -0.4 is 9.62 Å². The smallest absolute Gasteiger partial charge is 0.264 e. The molecule has 0 radical (unpaired) electrons. The lowest BCUT2D eigenvalue weighted by Crippen LogP contribution is -2.52. The highest BCUT2D eigenvalue weighted by Gasteiger charge is 2.33. The van der Waals surface area contributed by atoms with Gasteiger partial charge in [0.1, 0.15) is 18.4 Å². The van der Waals surface area contributed by atoms with E-state index < -0.39 is 34.3 Å². The average Bonchev–Trinajstić information content (AvgIpc) is 3.45. The fourth-order valence-electron chi connectivity index (χ4n) is 4.87. The van der Waals surface area contributed by atoms with E-state index >= 15 is 0 Å². The van der Waals surface area contributed by atoms with Crippen LogP contribution in [0.4, 0.5) is 10.1 Å². The predicted octanol–water partition coefficient (Wildman–Crippen LogP) is 5.46. The number of benzene rings is 3. The molecule has 1 saturated carbocycles. The number of hydrogen-bond acceptors (Lipinski definition) is 4. The van der Waals surface area contributed by atoms with Gasteiger partial charge in [-0.3, -0.25) is 13.9 Å². The molecule has 0 saturated heterocycles. The topological polar surface area (TPSA) is 86.8 Å². The van der Waals surface area contributed by atoms with Crippen molar-refractivity contribution in [3.8, 4) is 0 Å². The van der Waals surface area contributed by atoms with Gasteiger partial charge < -0.3 is 10.2 Å². The molecule has 10 heteroatoms. The molecule has 0 aliphatic heterocycles. The zero-order valence-corrected chi connectivity index (χ0v) is 24.1. The Kier molecular flexibility index (Phi) is 9.48. The minimum absolute atomic E-state index is 0.0298. The lowest BCUT2D eigenvalue weighted by Gasteiger charge is -2.32. The second-order valence-electron chi connectivity index (χ2n) is 10.1. The molecule has 0 aromatic heterocycles. The summed E-state index contributed by atoms with van der Waals surface area (Å²) in [6, 6.07) is 17.9. The molecule has 0 bridgehead atoms. The molecule has 1 aliphatic carbocycles. The summed E-state index contributed by atoms with van der Waals surface area (Å²) in [5, 5.41) is 2.76. The SMILES string of the molecule is Cc1cccc(CN(C(=O)CN(c2ccc(F)c(Cl)c2)S(=O)(=O)c2ccccc2)[C@H](C)C(=O)NC2CCCC2)c1. The highest BCUT2D eigenvalue weighted by Crippen LogP contribution is 2.28. The lowest BCUT2D eigenvalue weighted by atomic mass is 10.1. The maximum atomic E-state index is 14.0. The van der Waals surface area contributed by atoms with Crippen molar-refractivity contribution in [1.82, 2.24) is 10.2 Å². The Hall–Kier alpha value is -3.43. The van der Waals surface area contributed by atoms with Gasteiger partial charge in [0.25, 0.3) is 10.0 Å². The fourth-order valence-corrected chi connectivity index (χ4v) is 6.47. The monoisotopic (exact) mass is 585 g/mol. The van der Waals surface area contributed by atoms with E-state index in [9.17, 15) is 22.4 Å². The number of carbonyl (C=O) groups excluding carboxylic acids is 2. The summed E-state index contributed by atoms with van der Waals surface area (Å²) in [5.74, 6) is -1.60. The first-order valence-corrected chi connectivity index (χ1v) is 15.1. The van der Waals surface area contributed by atoms with E-state index in [0.29, 0.717) is 0 Å². The van der Waals surface area contributed by atoms with Gasteiger partial charge in [0.2, 0.25) is 11.8 Å². The number of carbonyl (C=O) groups is 2. The Morgan fingerprint density at radius 1 is 1.02 bits per heavy atom. The number of amides is 2. The highest BCUT2D eigenvalue weighted by molar-refractivity contribution is 7.92. The Morgan fingerprint density at radius 3 is 2.38 bits per heavy atom. The molecule has 2 amide bonds. The summed E-state index contributed by atoms with van der Waals surface area (Å²) in [7, 11) is -4.25. The number of rotatable bonds is 10. The third kappa shape index (κ3) is 7.01. The Balaban J connectivity index is 1.69. The van der Waals surface area contributed by atoms with Crippen molar-refractivity contribution in [3.63, 3.8) is 0 Å². The summed E-state index contributed by atoms with van der Waals surface area (Å²) in [4.78, 5) is 28.6. The molecular weight excluding hydrogens is 553 g/mol. The Bertz CT molecular complexity index is 1460. The van der Waals surface area contributed by atoms with Crippen LogP contribution in [-0.2, 0) is 26.2 Å². The van der Waals surface area contributed by atoms with Crippen LogP contribution in [0.2, 0.25) is 5.02 Å². The van der Waals surface area contributed by atoms with Gasteiger partial charge in [-0.15, -0.1) is 0 Å². The van der Waals surface area contributed by atoms with Gasteiger partial charge in [-0.05, 0) is 62.6 Å². The molecule has 1 N–H and O–H groups in total. The standard InChI is InChI=1S/C30H33ClFN3O4S/c1-21-9-8-10-23(17-21)19-34(22(2)30(37)33-24-11-6-7-12-24)29(36)20-35(25-15-16-28(32)27(31)18-25)40(38,39)26-13-4-3-5-14-26/h3-5,8-10,13-18,22,24H,6-7,11-12,19-20H2,1-2H3,(H,33,37)/t22-/m1/s1. The average molecular weight is 586 g/mol. The van der Waals surface area contributed by atoms with E-state index in [0.717, 1.165) is 47.2 Å². The quantitative estimate of drug-likeness (QED) is 0.342. The normalized spacial score (nSPS) is 14.5. The van der Waals surface area contributed by atoms with Crippen molar-refractivity contribution in [2.75, 3.05) is 10.8 Å². The summed E-state index contributed by atoms with van der Waals surface area (Å²) >= 11 is 6.00. The van der Waals surface area contributed by atoms with Gasteiger partial charge in [0, 0.05) is 12.6 Å². The van der Waals surface area contributed by atoms with E-state index in [1.54, 1.807) is 25.1 Å². The fraction of sp³-hybridized carbons (Fsp3) is 0.333. The van der Waals surface area contributed by atoms with E-state index in [-0.39, 0.29) is 34.1 Å². The molecule has 3 aromatic carbocycles. The summed E-state index contributed by atoms with van der Waals surface area (Å²) in [5.41, 5.74) is 1.82. The number of aryl methyl sites for hydroxylation is 1. The van der Waals surface area contributed by atoms with E-state index in [2.05, 4.69) is 5.32 Å².